The third-order valence-corrected chi connectivity index (χ3v) is 7.92. The van der Waals surface area contributed by atoms with Crippen molar-refractivity contribution in [2.45, 2.75) is 31.3 Å². The predicted octanol–water partition coefficient (Wildman–Crippen LogP) is 4.88. The Balaban J connectivity index is 2.07. The van der Waals surface area contributed by atoms with E-state index in [1.54, 1.807) is 31.2 Å². The Hall–Kier alpha value is -3.14. The minimum atomic E-state index is -4.27. The molecule has 0 unspecified atom stereocenters. The van der Waals surface area contributed by atoms with Crippen molar-refractivity contribution in [1.82, 2.24) is 10.2 Å². The molecule has 0 aromatic heterocycles. The maximum Gasteiger partial charge on any atom is 0.264 e. The first-order valence-corrected chi connectivity index (χ1v) is 13.6. The van der Waals surface area contributed by atoms with Gasteiger partial charge in [-0.1, -0.05) is 59.6 Å². The molecule has 37 heavy (non-hydrogen) atoms. The molecular weight excluding hydrogens is 540 g/mol. The fourth-order valence-electron chi connectivity index (χ4n) is 3.63. The molecule has 3 rings (SSSR count). The summed E-state index contributed by atoms with van der Waals surface area (Å²) in [5.74, 6) is -1.75. The monoisotopic (exact) mass is 565 g/mol. The number of hydrogen-bond donors (Lipinski definition) is 1. The number of likely N-dealkylation sites (N-methyl/N-ethyl adjacent to an activating group) is 1. The van der Waals surface area contributed by atoms with Crippen LogP contribution in [0.1, 0.15) is 19.4 Å². The summed E-state index contributed by atoms with van der Waals surface area (Å²) in [7, 11) is -4.27. The second kappa shape index (κ2) is 12.4. The Bertz CT molecular complexity index is 1370. The van der Waals surface area contributed by atoms with Crippen molar-refractivity contribution in [3.63, 3.8) is 0 Å². The van der Waals surface area contributed by atoms with Crippen molar-refractivity contribution in [3.8, 4) is 0 Å². The van der Waals surface area contributed by atoms with E-state index in [0.717, 1.165) is 9.21 Å². The summed E-state index contributed by atoms with van der Waals surface area (Å²) < 4.78 is 42.7. The van der Waals surface area contributed by atoms with E-state index in [2.05, 4.69) is 5.32 Å². The molecule has 0 aliphatic rings. The first-order chi connectivity index (χ1) is 17.6. The second-order valence-corrected chi connectivity index (χ2v) is 10.8. The molecular formula is C26H26Cl2FN3O4S. The lowest BCUT2D eigenvalue weighted by atomic mass is 10.1. The highest BCUT2D eigenvalue weighted by Crippen LogP contribution is 2.33. The van der Waals surface area contributed by atoms with Crippen molar-refractivity contribution >= 4 is 50.7 Å². The number of carbonyl (C=O) groups is 2. The topological polar surface area (TPSA) is 86.8 Å². The normalized spacial score (nSPS) is 12.0. The van der Waals surface area contributed by atoms with Crippen LogP contribution in [0.5, 0.6) is 0 Å². The van der Waals surface area contributed by atoms with Crippen LogP contribution in [0.4, 0.5) is 10.1 Å². The molecule has 0 heterocycles. The van der Waals surface area contributed by atoms with Crippen molar-refractivity contribution < 1.29 is 22.4 Å². The predicted molar refractivity (Wildman–Crippen MR) is 143 cm³/mol. The lowest BCUT2D eigenvalue weighted by molar-refractivity contribution is -0.139. The number of benzene rings is 3. The molecule has 1 N–H and O–H groups in total. The summed E-state index contributed by atoms with van der Waals surface area (Å²) in [5.41, 5.74) is 0.203. The molecule has 0 radical (unpaired) electrons. The zero-order valence-corrected chi connectivity index (χ0v) is 22.5. The van der Waals surface area contributed by atoms with E-state index >= 15 is 0 Å². The van der Waals surface area contributed by atoms with Crippen molar-refractivity contribution in [1.29, 1.82) is 0 Å². The molecule has 196 valence electrons. The summed E-state index contributed by atoms with van der Waals surface area (Å²) >= 11 is 12.4. The molecule has 2 amide bonds. The van der Waals surface area contributed by atoms with Crippen LogP contribution in [-0.2, 0) is 26.2 Å². The standard InChI is InChI=1S/C26H26Cl2FN3O4S/c1-3-30-26(34)18(2)31(16-19-9-7-8-12-23(19)29)25(33)17-32(24-14-13-20(27)15-22(24)28)37(35,36)21-10-5-4-6-11-21/h4-15,18H,3,16-17H2,1-2H3,(H,30,34)/t18-/m1/s1. The van der Waals surface area contributed by atoms with Crippen LogP contribution < -0.4 is 9.62 Å². The highest BCUT2D eigenvalue weighted by atomic mass is 35.5. The third kappa shape index (κ3) is 6.80. The number of amides is 2. The number of carbonyl (C=O) groups excluding carboxylic acids is 2. The van der Waals surface area contributed by atoms with Gasteiger partial charge in [0.2, 0.25) is 11.8 Å². The van der Waals surface area contributed by atoms with Crippen LogP contribution in [-0.4, -0.2) is 44.3 Å². The highest BCUT2D eigenvalue weighted by Gasteiger charge is 2.33. The molecule has 1 atom stereocenters. The molecule has 0 spiro atoms. The van der Waals surface area contributed by atoms with E-state index < -0.39 is 40.2 Å². The van der Waals surface area contributed by atoms with Gasteiger partial charge in [-0.25, -0.2) is 12.8 Å². The van der Waals surface area contributed by atoms with Crippen LogP contribution in [0, 0.1) is 5.82 Å². The highest BCUT2D eigenvalue weighted by molar-refractivity contribution is 7.92. The minimum absolute atomic E-state index is 0.0113. The molecule has 3 aromatic carbocycles. The molecule has 0 aliphatic heterocycles. The van der Waals surface area contributed by atoms with Crippen LogP contribution in [0.25, 0.3) is 0 Å². The maximum atomic E-state index is 14.5. The van der Waals surface area contributed by atoms with Gasteiger partial charge in [0.25, 0.3) is 10.0 Å². The van der Waals surface area contributed by atoms with E-state index in [1.165, 1.54) is 55.5 Å². The Morgan fingerprint density at radius 1 is 1.00 bits per heavy atom. The molecule has 7 nitrogen and oxygen atoms in total. The molecule has 3 aromatic rings. The Labute approximate surface area is 225 Å². The largest absolute Gasteiger partial charge is 0.355 e. The summed E-state index contributed by atoms with van der Waals surface area (Å²) in [6.45, 7) is 2.59. The molecule has 11 heteroatoms. The van der Waals surface area contributed by atoms with Gasteiger partial charge < -0.3 is 10.2 Å². The van der Waals surface area contributed by atoms with Gasteiger partial charge in [0.1, 0.15) is 18.4 Å². The van der Waals surface area contributed by atoms with E-state index in [-0.39, 0.29) is 32.7 Å². The quantitative estimate of drug-likeness (QED) is 0.379. The van der Waals surface area contributed by atoms with E-state index in [1.807, 2.05) is 0 Å². The fraction of sp³-hybridized carbons (Fsp3) is 0.231. The summed E-state index contributed by atoms with van der Waals surface area (Å²) in [5, 5.41) is 2.94. The van der Waals surface area contributed by atoms with Gasteiger partial charge in [-0.3, -0.25) is 13.9 Å². The zero-order valence-electron chi connectivity index (χ0n) is 20.2. The van der Waals surface area contributed by atoms with Crippen molar-refractivity contribution in [2.75, 3.05) is 17.4 Å². The Morgan fingerprint density at radius 2 is 1.65 bits per heavy atom. The third-order valence-electron chi connectivity index (χ3n) is 5.61. The van der Waals surface area contributed by atoms with E-state index in [4.69, 9.17) is 23.2 Å². The number of nitrogens with one attached hydrogen (secondary N) is 1. The summed E-state index contributed by atoms with van der Waals surface area (Å²) in [6.07, 6.45) is 0. The van der Waals surface area contributed by atoms with Crippen LogP contribution in [0.3, 0.4) is 0 Å². The summed E-state index contributed by atoms with van der Waals surface area (Å²) in [6, 6.07) is 16.6. The first-order valence-electron chi connectivity index (χ1n) is 11.4. The summed E-state index contributed by atoms with van der Waals surface area (Å²) in [4.78, 5) is 27.4. The van der Waals surface area contributed by atoms with Gasteiger partial charge in [-0.05, 0) is 50.2 Å². The van der Waals surface area contributed by atoms with Crippen LogP contribution in [0.2, 0.25) is 10.0 Å². The molecule has 0 saturated carbocycles. The van der Waals surface area contributed by atoms with Gasteiger partial charge >= 0.3 is 0 Å². The number of hydrogen-bond acceptors (Lipinski definition) is 4. The van der Waals surface area contributed by atoms with Gasteiger partial charge in [-0.15, -0.1) is 0 Å². The average molecular weight is 566 g/mol. The number of anilines is 1. The molecule has 0 fully saturated rings. The second-order valence-electron chi connectivity index (χ2n) is 8.10. The fourth-order valence-corrected chi connectivity index (χ4v) is 5.65. The van der Waals surface area contributed by atoms with E-state index in [9.17, 15) is 22.4 Å². The van der Waals surface area contributed by atoms with Crippen LogP contribution >= 0.6 is 23.2 Å². The van der Waals surface area contributed by atoms with E-state index in [0.29, 0.717) is 6.54 Å². The van der Waals surface area contributed by atoms with Crippen molar-refractivity contribution in [3.05, 3.63) is 94.2 Å². The Morgan fingerprint density at radius 3 is 2.27 bits per heavy atom. The number of halogens is 3. The SMILES string of the molecule is CCNC(=O)[C@@H](C)N(Cc1ccccc1F)C(=O)CN(c1ccc(Cl)cc1Cl)S(=O)(=O)c1ccccc1. The zero-order chi connectivity index (χ0) is 27.2. The maximum absolute atomic E-state index is 14.5. The molecule has 0 saturated heterocycles. The minimum Gasteiger partial charge on any atom is -0.355 e. The number of nitrogens with zero attached hydrogens (tertiary/aromatic N) is 2. The van der Waals surface area contributed by atoms with Gasteiger partial charge in [0.05, 0.1) is 15.6 Å². The lowest BCUT2D eigenvalue weighted by Crippen LogP contribution is -2.51. The molecule has 0 bridgehead atoms. The number of sulfonamides is 1. The van der Waals surface area contributed by atoms with Gasteiger partial charge in [-0.2, -0.15) is 0 Å². The smallest absolute Gasteiger partial charge is 0.264 e. The van der Waals surface area contributed by atoms with Gasteiger partial charge in [0, 0.05) is 23.7 Å². The Kier molecular flexibility index (Phi) is 9.53. The average Bonchev–Trinajstić information content (AvgIpc) is 2.87. The first kappa shape index (κ1) is 28.4. The van der Waals surface area contributed by atoms with Crippen molar-refractivity contribution in [2.24, 2.45) is 0 Å². The van der Waals surface area contributed by atoms with Crippen LogP contribution in [0.15, 0.2) is 77.7 Å². The molecule has 0 aliphatic carbocycles. The number of rotatable bonds is 10. The van der Waals surface area contributed by atoms with Gasteiger partial charge in [0.15, 0.2) is 0 Å². The lowest BCUT2D eigenvalue weighted by Gasteiger charge is -2.32.